The molecule has 1 aromatic rings. The summed E-state index contributed by atoms with van der Waals surface area (Å²) < 4.78 is 47.7. The number of nitrogens with one attached hydrogen (secondary N) is 2. The highest BCUT2D eigenvalue weighted by Gasteiger charge is 2.39. The summed E-state index contributed by atoms with van der Waals surface area (Å²) in [6.07, 6.45) is -4.78. The number of phenolic OH excluding ortho intramolecular Hbond substituents is 1. The van der Waals surface area contributed by atoms with Crippen LogP contribution in [0.4, 0.5) is 13.2 Å². The monoisotopic (exact) mass is 407 g/mol. The van der Waals surface area contributed by atoms with E-state index < -0.39 is 18.2 Å². The Balaban J connectivity index is 2.07. The van der Waals surface area contributed by atoms with Crippen LogP contribution < -0.4 is 10.6 Å². The van der Waals surface area contributed by atoms with E-state index in [0.717, 1.165) is 12.4 Å². The van der Waals surface area contributed by atoms with Gasteiger partial charge in [0.25, 0.3) is 5.91 Å². The fraction of sp³-hybridized carbons (Fsp3) is 0.375. The average Bonchev–Trinajstić information content (AvgIpc) is 2.60. The molecule has 1 heterocycles. The molecule has 1 amide bonds. The zero-order chi connectivity index (χ0) is 20.0. The van der Waals surface area contributed by atoms with Crippen LogP contribution >= 0.6 is 11.6 Å². The first kappa shape index (κ1) is 21.0. The number of allylic oxidation sites excluding steroid dienone is 1. The van der Waals surface area contributed by atoms with Gasteiger partial charge in [-0.1, -0.05) is 11.6 Å². The van der Waals surface area contributed by atoms with Crippen LogP contribution in [0, 0.1) is 0 Å². The highest BCUT2D eigenvalue weighted by Crippen LogP contribution is 2.28. The molecule has 0 spiro atoms. The van der Waals surface area contributed by atoms with Crippen molar-refractivity contribution in [1.29, 1.82) is 0 Å². The summed E-state index contributed by atoms with van der Waals surface area (Å²) in [6, 6.07) is 2.68. The molecule has 1 aliphatic heterocycles. The molecular formula is C16H17ClF3N3O4. The number of hydrogen-bond donors (Lipinski definition) is 3. The first-order chi connectivity index (χ1) is 12.7. The molecule has 1 atom stereocenters. The molecule has 0 fully saturated rings. The number of alkyl halides is 3. The van der Waals surface area contributed by atoms with Gasteiger partial charge in [0.05, 0.1) is 31.1 Å². The van der Waals surface area contributed by atoms with Gasteiger partial charge in [-0.05, 0) is 12.1 Å². The molecular weight excluding hydrogens is 391 g/mol. The van der Waals surface area contributed by atoms with Gasteiger partial charge >= 0.3 is 6.18 Å². The summed E-state index contributed by atoms with van der Waals surface area (Å²) in [5.41, 5.74) is 0.128. The third kappa shape index (κ3) is 5.84. The van der Waals surface area contributed by atoms with Crippen molar-refractivity contribution >= 4 is 23.7 Å². The van der Waals surface area contributed by atoms with Crippen LogP contribution in [0.2, 0.25) is 5.02 Å². The number of benzene rings is 1. The van der Waals surface area contributed by atoms with E-state index in [4.69, 9.17) is 21.1 Å². The smallest absolute Gasteiger partial charge is 0.429 e. The fourth-order valence-corrected chi connectivity index (χ4v) is 2.35. The van der Waals surface area contributed by atoms with Crippen molar-refractivity contribution in [2.45, 2.75) is 18.9 Å². The van der Waals surface area contributed by atoms with Gasteiger partial charge in [-0.15, -0.1) is 0 Å². The second kappa shape index (κ2) is 9.07. The number of amides is 1. The van der Waals surface area contributed by atoms with Gasteiger partial charge in [0.1, 0.15) is 5.75 Å². The highest BCUT2D eigenvalue weighted by atomic mass is 35.5. The van der Waals surface area contributed by atoms with E-state index >= 15 is 0 Å². The van der Waals surface area contributed by atoms with E-state index in [9.17, 15) is 23.1 Å². The number of carbonyl (C=O) groups excluding carboxylic acids is 1. The first-order valence-corrected chi connectivity index (χ1v) is 8.05. The average molecular weight is 408 g/mol. The van der Waals surface area contributed by atoms with Crippen molar-refractivity contribution in [3.63, 3.8) is 0 Å². The van der Waals surface area contributed by atoms with Crippen LogP contribution in [0.15, 0.2) is 29.0 Å². The lowest BCUT2D eigenvalue weighted by atomic mass is 10.1. The minimum Gasteiger partial charge on any atom is -0.507 e. The lowest BCUT2D eigenvalue weighted by Gasteiger charge is -2.20. The number of aliphatic imine (C=N–C) groups is 1. The molecule has 11 heteroatoms. The van der Waals surface area contributed by atoms with Crippen LogP contribution in [0.5, 0.6) is 5.75 Å². The molecule has 0 aromatic heterocycles. The Labute approximate surface area is 157 Å². The molecule has 2 rings (SSSR count). The Morgan fingerprint density at radius 3 is 2.74 bits per heavy atom. The maximum absolute atomic E-state index is 12.5. The van der Waals surface area contributed by atoms with Crippen LogP contribution in [-0.4, -0.2) is 49.9 Å². The Hall–Kier alpha value is -2.30. The van der Waals surface area contributed by atoms with Gasteiger partial charge in [-0.2, -0.15) is 13.2 Å². The minimum absolute atomic E-state index is 0.00206. The maximum atomic E-state index is 12.5. The normalized spacial score (nSPS) is 16.6. The molecule has 0 radical (unpaired) electrons. The molecule has 7 nitrogen and oxygen atoms in total. The molecule has 27 heavy (non-hydrogen) atoms. The highest BCUT2D eigenvalue weighted by molar-refractivity contribution is 6.31. The van der Waals surface area contributed by atoms with Crippen LogP contribution in [0.3, 0.4) is 0 Å². The first-order valence-electron chi connectivity index (χ1n) is 7.68. The van der Waals surface area contributed by atoms with Gasteiger partial charge < -0.3 is 25.2 Å². The fourth-order valence-electron chi connectivity index (χ4n) is 2.11. The number of phenols is 1. The maximum Gasteiger partial charge on any atom is 0.429 e. The third-order valence-corrected chi connectivity index (χ3v) is 3.63. The minimum atomic E-state index is -4.55. The molecule has 1 unspecified atom stereocenters. The van der Waals surface area contributed by atoms with E-state index in [1.807, 2.05) is 5.32 Å². The molecule has 0 saturated carbocycles. The SMILES string of the molecule is COCCOCc1cc(Cl)cc(C(=O)NC2=CNC(C(F)(F)F)N=C2)c1O. The van der Waals surface area contributed by atoms with E-state index in [1.165, 1.54) is 19.2 Å². The number of hydrogen-bond acceptors (Lipinski definition) is 6. The number of halogens is 4. The van der Waals surface area contributed by atoms with Crippen molar-refractivity contribution in [3.05, 3.63) is 40.2 Å². The van der Waals surface area contributed by atoms with Gasteiger partial charge in [-0.3, -0.25) is 9.79 Å². The lowest BCUT2D eigenvalue weighted by Crippen LogP contribution is -2.41. The number of carbonyl (C=O) groups is 1. The Morgan fingerprint density at radius 1 is 1.41 bits per heavy atom. The van der Waals surface area contributed by atoms with Gasteiger partial charge in [-0.25, -0.2) is 0 Å². The largest absolute Gasteiger partial charge is 0.507 e. The quantitative estimate of drug-likeness (QED) is 0.603. The molecule has 148 valence electrons. The second-order valence-electron chi connectivity index (χ2n) is 5.45. The van der Waals surface area contributed by atoms with Crippen molar-refractivity contribution in [2.75, 3.05) is 20.3 Å². The second-order valence-corrected chi connectivity index (χ2v) is 5.89. The predicted octanol–water partition coefficient (Wildman–Crippen LogP) is 2.34. The van der Waals surface area contributed by atoms with E-state index in [2.05, 4.69) is 10.3 Å². The van der Waals surface area contributed by atoms with Crippen molar-refractivity contribution < 1.29 is 32.5 Å². The number of ether oxygens (including phenoxy) is 2. The zero-order valence-corrected chi connectivity index (χ0v) is 14.9. The summed E-state index contributed by atoms with van der Waals surface area (Å²) >= 11 is 5.97. The van der Waals surface area contributed by atoms with Gasteiger partial charge in [0, 0.05) is 30.1 Å². The van der Waals surface area contributed by atoms with Crippen LogP contribution in [0.1, 0.15) is 15.9 Å². The molecule has 3 N–H and O–H groups in total. The molecule has 0 aliphatic carbocycles. The topological polar surface area (TPSA) is 92.2 Å². The summed E-state index contributed by atoms with van der Waals surface area (Å²) in [5.74, 6) is -1.11. The van der Waals surface area contributed by atoms with E-state index in [0.29, 0.717) is 6.61 Å². The van der Waals surface area contributed by atoms with Gasteiger partial charge in [0.15, 0.2) is 0 Å². The molecule has 1 aromatic carbocycles. The van der Waals surface area contributed by atoms with E-state index in [1.54, 1.807) is 0 Å². The lowest BCUT2D eigenvalue weighted by molar-refractivity contribution is -0.151. The standard InChI is InChI=1S/C16H17ClF3N3O4/c1-26-2-3-27-8-9-4-10(17)5-12(13(9)24)14(25)23-11-6-21-15(22-7-11)16(18,19)20/h4-7,15,21,24H,2-3,8H2,1H3,(H,23,25). The van der Waals surface area contributed by atoms with Crippen molar-refractivity contribution in [1.82, 2.24) is 10.6 Å². The summed E-state index contributed by atoms with van der Waals surface area (Å²) in [5, 5.41) is 14.8. The summed E-state index contributed by atoms with van der Waals surface area (Å²) in [6.45, 7) is 0.627. The van der Waals surface area contributed by atoms with Crippen molar-refractivity contribution in [3.8, 4) is 5.75 Å². The van der Waals surface area contributed by atoms with Crippen LogP contribution in [-0.2, 0) is 16.1 Å². The Bertz CT molecular complexity index is 753. The molecule has 0 saturated heterocycles. The number of aromatic hydroxyl groups is 1. The van der Waals surface area contributed by atoms with Crippen LogP contribution in [0.25, 0.3) is 0 Å². The van der Waals surface area contributed by atoms with Gasteiger partial charge in [0.2, 0.25) is 6.17 Å². The van der Waals surface area contributed by atoms with E-state index in [-0.39, 0.29) is 40.8 Å². The molecule has 1 aliphatic rings. The summed E-state index contributed by atoms with van der Waals surface area (Å²) in [4.78, 5) is 15.6. The number of methoxy groups -OCH3 is 1. The van der Waals surface area contributed by atoms with Crippen molar-refractivity contribution in [2.24, 2.45) is 4.99 Å². The molecule has 0 bridgehead atoms. The third-order valence-electron chi connectivity index (χ3n) is 3.41. The Morgan fingerprint density at radius 2 is 2.15 bits per heavy atom. The summed E-state index contributed by atoms with van der Waals surface area (Å²) in [7, 11) is 1.51. The predicted molar refractivity (Wildman–Crippen MR) is 91.7 cm³/mol. The number of rotatable bonds is 7. The Kier molecular flexibility index (Phi) is 7.05. The number of nitrogens with zero attached hydrogens (tertiary/aromatic N) is 1. The zero-order valence-electron chi connectivity index (χ0n) is 14.1.